The lowest BCUT2D eigenvalue weighted by Crippen LogP contribution is -2.45. The Bertz CT molecular complexity index is 1130. The summed E-state index contributed by atoms with van der Waals surface area (Å²) in [7, 11) is 0. The average molecular weight is 1100 g/mol. The highest BCUT2D eigenvalue weighted by molar-refractivity contribution is 5.76. The van der Waals surface area contributed by atoms with Gasteiger partial charge in [0.05, 0.1) is 25.4 Å². The second kappa shape index (κ2) is 68.4. The van der Waals surface area contributed by atoms with E-state index in [1.54, 1.807) is 0 Å². The van der Waals surface area contributed by atoms with E-state index in [-0.39, 0.29) is 18.5 Å². The van der Waals surface area contributed by atoms with E-state index in [0.717, 1.165) is 38.5 Å². The maximum Gasteiger partial charge on any atom is 0.305 e. The van der Waals surface area contributed by atoms with Crippen LogP contribution in [0, 0.1) is 0 Å². The van der Waals surface area contributed by atoms with Gasteiger partial charge in [-0.3, -0.25) is 9.59 Å². The summed E-state index contributed by atoms with van der Waals surface area (Å²) in [6, 6.07) is -0.537. The largest absolute Gasteiger partial charge is 0.466 e. The Labute approximate surface area is 489 Å². The molecule has 0 aromatic carbocycles. The van der Waals surface area contributed by atoms with Crippen LogP contribution in [0.25, 0.3) is 0 Å². The molecule has 1 amide bonds. The van der Waals surface area contributed by atoms with Gasteiger partial charge in [0.1, 0.15) is 0 Å². The Hall–Kier alpha value is -1.14. The van der Waals surface area contributed by atoms with Crippen LogP contribution < -0.4 is 5.32 Å². The van der Waals surface area contributed by atoms with Crippen molar-refractivity contribution in [2.45, 2.75) is 437 Å². The van der Waals surface area contributed by atoms with Crippen molar-refractivity contribution in [1.82, 2.24) is 5.32 Å². The zero-order chi connectivity index (χ0) is 56.4. The van der Waals surface area contributed by atoms with E-state index in [4.69, 9.17) is 4.74 Å². The quantitative estimate of drug-likeness (QED) is 0.0417. The highest BCUT2D eigenvalue weighted by Crippen LogP contribution is 2.20. The van der Waals surface area contributed by atoms with Gasteiger partial charge in [0, 0.05) is 12.8 Å². The molecule has 0 fully saturated rings. The van der Waals surface area contributed by atoms with Crippen molar-refractivity contribution in [1.29, 1.82) is 0 Å². The first-order chi connectivity index (χ1) is 38.5. The Balaban J connectivity index is 3.31. The van der Waals surface area contributed by atoms with Crippen molar-refractivity contribution in [3.63, 3.8) is 0 Å². The smallest absolute Gasteiger partial charge is 0.305 e. The summed E-state index contributed by atoms with van der Waals surface area (Å²) in [6.45, 7) is 5.00. The number of hydrogen-bond acceptors (Lipinski definition) is 5. The minimum absolute atomic E-state index is 0.0234. The molecule has 2 atom stereocenters. The summed E-state index contributed by atoms with van der Waals surface area (Å²) in [5, 5.41) is 23.4. The standard InChI is InChI=1S/C72H143NO5/c1-3-5-7-9-11-13-15-17-18-34-37-41-44-48-52-56-60-64-70(75)69(68-74)73-71(76)65-61-57-53-49-45-42-38-35-32-30-28-26-24-22-20-19-21-23-25-27-29-31-33-36-39-43-47-51-55-59-63-67-78-72(77)66-62-58-54-50-46-40-16-14-12-10-8-6-4-2/h69-70,74-75H,3-68H2,1-2H3,(H,73,76). The minimum Gasteiger partial charge on any atom is -0.466 e. The molecule has 0 aromatic rings. The van der Waals surface area contributed by atoms with Crippen LogP contribution in [0.5, 0.6) is 0 Å². The van der Waals surface area contributed by atoms with Gasteiger partial charge in [0.2, 0.25) is 5.91 Å². The molecule has 0 rings (SSSR count). The lowest BCUT2D eigenvalue weighted by atomic mass is 10.0. The topological polar surface area (TPSA) is 95.9 Å². The zero-order valence-corrected chi connectivity index (χ0v) is 53.4. The first-order valence-electron chi connectivity index (χ1n) is 36.3. The van der Waals surface area contributed by atoms with Crippen LogP contribution in [0.15, 0.2) is 0 Å². The molecule has 6 nitrogen and oxygen atoms in total. The molecule has 2 unspecified atom stereocenters. The van der Waals surface area contributed by atoms with E-state index in [9.17, 15) is 19.8 Å². The lowest BCUT2D eigenvalue weighted by molar-refractivity contribution is -0.143. The van der Waals surface area contributed by atoms with Crippen molar-refractivity contribution in [3.05, 3.63) is 0 Å². The van der Waals surface area contributed by atoms with Crippen LogP contribution in [0.1, 0.15) is 425 Å². The van der Waals surface area contributed by atoms with Gasteiger partial charge in [0.25, 0.3) is 0 Å². The molecule has 0 aliphatic carbocycles. The number of aliphatic hydroxyl groups excluding tert-OH is 2. The number of esters is 1. The maximum atomic E-state index is 12.5. The first-order valence-corrected chi connectivity index (χ1v) is 36.3. The van der Waals surface area contributed by atoms with Gasteiger partial charge in [-0.1, -0.05) is 386 Å². The molecule has 466 valence electrons. The van der Waals surface area contributed by atoms with Crippen molar-refractivity contribution >= 4 is 11.9 Å². The fourth-order valence-corrected chi connectivity index (χ4v) is 11.9. The highest BCUT2D eigenvalue weighted by atomic mass is 16.5. The molecule has 0 heterocycles. The molecule has 0 aliphatic rings. The van der Waals surface area contributed by atoms with E-state index in [1.807, 2.05) is 0 Å². The van der Waals surface area contributed by atoms with Gasteiger partial charge in [-0.05, 0) is 25.7 Å². The van der Waals surface area contributed by atoms with Gasteiger partial charge in [0.15, 0.2) is 0 Å². The van der Waals surface area contributed by atoms with E-state index in [0.29, 0.717) is 25.9 Å². The van der Waals surface area contributed by atoms with Gasteiger partial charge in [-0.15, -0.1) is 0 Å². The molecule has 0 radical (unpaired) electrons. The van der Waals surface area contributed by atoms with Crippen LogP contribution in [-0.2, 0) is 14.3 Å². The number of amides is 1. The lowest BCUT2D eigenvalue weighted by Gasteiger charge is -2.22. The molecule has 0 saturated heterocycles. The SMILES string of the molecule is CCCCCCCCCCCCCCCCCCCC(O)C(CO)NC(=O)CCCCCCCCCCCCCCCCCCCCCCCCCCCCCCCCCOC(=O)CCCCCCCCCCCCCCC. The fourth-order valence-electron chi connectivity index (χ4n) is 11.9. The Morgan fingerprint density at radius 3 is 0.782 bits per heavy atom. The van der Waals surface area contributed by atoms with Crippen LogP contribution in [0.4, 0.5) is 0 Å². The van der Waals surface area contributed by atoms with E-state index < -0.39 is 12.1 Å². The van der Waals surface area contributed by atoms with Crippen LogP contribution >= 0.6 is 0 Å². The van der Waals surface area contributed by atoms with Crippen LogP contribution in [0.3, 0.4) is 0 Å². The van der Waals surface area contributed by atoms with Crippen molar-refractivity contribution < 1.29 is 24.5 Å². The third-order valence-electron chi connectivity index (χ3n) is 17.4. The number of carbonyl (C=O) groups is 2. The Morgan fingerprint density at radius 2 is 0.526 bits per heavy atom. The number of unbranched alkanes of at least 4 members (excludes halogenated alkanes) is 58. The van der Waals surface area contributed by atoms with Crippen LogP contribution in [0.2, 0.25) is 0 Å². The predicted molar refractivity (Wildman–Crippen MR) is 343 cm³/mol. The molecular weight excluding hydrogens is 959 g/mol. The van der Waals surface area contributed by atoms with Gasteiger partial charge >= 0.3 is 5.97 Å². The van der Waals surface area contributed by atoms with E-state index >= 15 is 0 Å². The molecular formula is C72H143NO5. The summed E-state index contributed by atoms with van der Waals surface area (Å²) in [5.41, 5.74) is 0. The van der Waals surface area contributed by atoms with Crippen molar-refractivity contribution in [2.24, 2.45) is 0 Å². The molecule has 6 heteroatoms. The van der Waals surface area contributed by atoms with E-state index in [1.165, 1.54) is 353 Å². The summed E-state index contributed by atoms with van der Waals surface area (Å²) in [6.07, 6.45) is 83.1. The van der Waals surface area contributed by atoms with Crippen molar-refractivity contribution in [2.75, 3.05) is 13.2 Å². The maximum absolute atomic E-state index is 12.5. The molecule has 0 aliphatic heterocycles. The average Bonchev–Trinajstić information content (AvgIpc) is 3.44. The molecule has 0 bridgehead atoms. The Kier molecular flexibility index (Phi) is 67.4. The zero-order valence-electron chi connectivity index (χ0n) is 53.4. The molecule has 0 spiro atoms. The highest BCUT2D eigenvalue weighted by Gasteiger charge is 2.20. The molecule has 78 heavy (non-hydrogen) atoms. The van der Waals surface area contributed by atoms with Gasteiger partial charge in [-0.2, -0.15) is 0 Å². The number of rotatable bonds is 69. The van der Waals surface area contributed by atoms with Crippen LogP contribution in [-0.4, -0.2) is 47.4 Å². The number of hydrogen-bond donors (Lipinski definition) is 3. The second-order valence-corrected chi connectivity index (χ2v) is 25.3. The number of carbonyl (C=O) groups excluding carboxylic acids is 2. The number of ether oxygens (including phenoxy) is 1. The summed E-state index contributed by atoms with van der Waals surface area (Å²) in [5.74, 6) is -0.00270. The fraction of sp³-hybridized carbons (Fsp3) is 0.972. The summed E-state index contributed by atoms with van der Waals surface area (Å²) >= 11 is 0. The first kappa shape index (κ1) is 76.9. The van der Waals surface area contributed by atoms with E-state index in [2.05, 4.69) is 19.2 Å². The molecule has 3 N–H and O–H groups in total. The monoisotopic (exact) mass is 1100 g/mol. The normalized spacial score (nSPS) is 12.4. The van der Waals surface area contributed by atoms with Gasteiger partial charge in [-0.25, -0.2) is 0 Å². The third-order valence-corrected chi connectivity index (χ3v) is 17.4. The Morgan fingerprint density at radius 1 is 0.308 bits per heavy atom. The van der Waals surface area contributed by atoms with Gasteiger partial charge < -0.3 is 20.3 Å². The number of nitrogens with one attached hydrogen (secondary N) is 1. The summed E-state index contributed by atoms with van der Waals surface area (Å²) in [4.78, 5) is 24.6. The summed E-state index contributed by atoms with van der Waals surface area (Å²) < 4.78 is 5.49. The number of aliphatic hydroxyl groups is 2. The minimum atomic E-state index is -0.660. The predicted octanol–water partition coefficient (Wildman–Crippen LogP) is 23.4. The second-order valence-electron chi connectivity index (χ2n) is 25.3. The third kappa shape index (κ3) is 64.0. The van der Waals surface area contributed by atoms with Crippen molar-refractivity contribution in [3.8, 4) is 0 Å². The molecule has 0 aromatic heterocycles. The molecule has 0 saturated carbocycles.